The summed E-state index contributed by atoms with van der Waals surface area (Å²) >= 11 is 0. The van der Waals surface area contributed by atoms with Gasteiger partial charge in [0.25, 0.3) is 0 Å². The molecule has 164 valence electrons. The molecule has 2 aliphatic rings. The van der Waals surface area contributed by atoms with Gasteiger partial charge in [-0.15, -0.1) is 0 Å². The molecular formula is C23H26BF2NO4. The second-order valence-corrected chi connectivity index (χ2v) is 8.85. The van der Waals surface area contributed by atoms with E-state index in [1.54, 1.807) is 6.20 Å². The Morgan fingerprint density at radius 3 is 2.13 bits per heavy atom. The highest BCUT2D eigenvalue weighted by molar-refractivity contribution is 6.62. The molecule has 0 amide bonds. The van der Waals surface area contributed by atoms with Crippen molar-refractivity contribution in [3.8, 4) is 11.5 Å². The van der Waals surface area contributed by atoms with Crippen molar-refractivity contribution in [1.82, 2.24) is 4.98 Å². The molecule has 2 heterocycles. The quantitative estimate of drug-likeness (QED) is 0.676. The van der Waals surface area contributed by atoms with Crippen molar-refractivity contribution in [2.75, 3.05) is 14.2 Å². The van der Waals surface area contributed by atoms with Crippen molar-refractivity contribution in [2.45, 2.75) is 51.7 Å². The number of halogens is 2. The van der Waals surface area contributed by atoms with Gasteiger partial charge in [-0.1, -0.05) is 12.1 Å². The van der Waals surface area contributed by atoms with Crippen LogP contribution in [0.25, 0.3) is 5.57 Å². The summed E-state index contributed by atoms with van der Waals surface area (Å²) in [5, 5.41) is 0. The monoisotopic (exact) mass is 429 g/mol. The lowest BCUT2D eigenvalue weighted by atomic mass is 9.79. The third-order valence-electron chi connectivity index (χ3n) is 6.44. The van der Waals surface area contributed by atoms with Gasteiger partial charge in [0, 0.05) is 36.1 Å². The smallest absolute Gasteiger partial charge is 0.494 e. The van der Waals surface area contributed by atoms with Crippen molar-refractivity contribution in [2.24, 2.45) is 0 Å². The van der Waals surface area contributed by atoms with Crippen LogP contribution in [-0.4, -0.2) is 37.5 Å². The van der Waals surface area contributed by atoms with Gasteiger partial charge in [-0.25, -0.2) is 8.78 Å². The maximum absolute atomic E-state index is 14.9. The third-order valence-corrected chi connectivity index (χ3v) is 6.44. The highest BCUT2D eigenvalue weighted by atomic mass is 19.1. The summed E-state index contributed by atoms with van der Waals surface area (Å²) in [5.41, 5.74) is 2.20. The van der Waals surface area contributed by atoms with Crippen LogP contribution in [0.3, 0.4) is 0 Å². The van der Waals surface area contributed by atoms with E-state index >= 15 is 0 Å². The van der Waals surface area contributed by atoms with E-state index in [2.05, 4.69) is 4.98 Å². The van der Waals surface area contributed by atoms with Gasteiger partial charge in [0.2, 0.25) is 0 Å². The lowest BCUT2D eigenvalue weighted by Gasteiger charge is -2.32. The first kappa shape index (κ1) is 21.8. The second kappa shape index (κ2) is 7.60. The lowest BCUT2D eigenvalue weighted by molar-refractivity contribution is 0.00578. The lowest BCUT2D eigenvalue weighted by Crippen LogP contribution is -2.41. The molecule has 8 heteroatoms. The first-order chi connectivity index (χ1) is 14.6. The average molecular weight is 429 g/mol. The SMILES string of the molecule is COc1cc(OC)c(F)c(CC2=CCc3ncc(B4OC(C)(C)C(C)(C)O4)cc32)c1F. The molecule has 0 saturated carbocycles. The number of nitrogens with zero attached hydrogens (tertiary/aromatic N) is 1. The van der Waals surface area contributed by atoms with Crippen LogP contribution in [0.2, 0.25) is 0 Å². The second-order valence-electron chi connectivity index (χ2n) is 8.85. The molecule has 5 nitrogen and oxygen atoms in total. The van der Waals surface area contributed by atoms with E-state index in [0.29, 0.717) is 6.42 Å². The zero-order chi connectivity index (χ0) is 22.6. The molecule has 1 aliphatic heterocycles. The number of allylic oxidation sites excluding steroid dienone is 2. The molecule has 2 aromatic rings. The maximum Gasteiger partial charge on any atom is 0.496 e. The molecule has 1 aromatic heterocycles. The Balaban J connectivity index is 1.67. The molecule has 0 unspecified atom stereocenters. The van der Waals surface area contributed by atoms with E-state index in [1.165, 1.54) is 20.3 Å². The standard InChI is InChI=1S/C23H26BF2NO4/c1-22(2)23(3,4)31-24(30-22)14-10-15-13(7-8-17(15)27-12-14)9-16-20(25)18(28-5)11-19(29-6)21(16)26/h7,10-12H,8-9H2,1-6H3. The van der Waals surface area contributed by atoms with Gasteiger partial charge in [0.15, 0.2) is 23.1 Å². The number of hydrogen-bond donors (Lipinski definition) is 0. The fourth-order valence-corrected chi connectivity index (χ4v) is 3.84. The van der Waals surface area contributed by atoms with Gasteiger partial charge in [-0.2, -0.15) is 0 Å². The Labute approximate surface area is 181 Å². The minimum absolute atomic E-state index is 0.0483. The van der Waals surface area contributed by atoms with Crippen LogP contribution in [0.4, 0.5) is 8.78 Å². The van der Waals surface area contributed by atoms with E-state index in [4.69, 9.17) is 18.8 Å². The van der Waals surface area contributed by atoms with Crippen molar-refractivity contribution in [3.63, 3.8) is 0 Å². The summed E-state index contributed by atoms with van der Waals surface area (Å²) in [6.45, 7) is 7.95. The predicted molar refractivity (Wildman–Crippen MR) is 115 cm³/mol. The Bertz CT molecular complexity index is 1020. The molecule has 0 spiro atoms. The van der Waals surface area contributed by atoms with Gasteiger partial charge >= 0.3 is 7.12 Å². The molecule has 1 aromatic carbocycles. The number of hydrogen-bond acceptors (Lipinski definition) is 5. The van der Waals surface area contributed by atoms with E-state index in [9.17, 15) is 8.78 Å². The largest absolute Gasteiger partial charge is 0.496 e. The number of rotatable bonds is 5. The fourth-order valence-electron chi connectivity index (χ4n) is 3.84. The molecule has 1 aliphatic carbocycles. The molecule has 0 bridgehead atoms. The third kappa shape index (κ3) is 3.61. The van der Waals surface area contributed by atoms with E-state index in [-0.39, 0.29) is 23.5 Å². The van der Waals surface area contributed by atoms with Crippen molar-refractivity contribution >= 4 is 18.2 Å². The molecule has 31 heavy (non-hydrogen) atoms. The summed E-state index contributed by atoms with van der Waals surface area (Å²) in [4.78, 5) is 4.55. The van der Waals surface area contributed by atoms with Crippen LogP contribution < -0.4 is 14.9 Å². The number of ether oxygens (including phenoxy) is 2. The molecule has 0 radical (unpaired) electrons. The fraction of sp³-hybridized carbons (Fsp3) is 0.435. The zero-order valence-corrected chi connectivity index (χ0v) is 18.6. The van der Waals surface area contributed by atoms with Gasteiger partial charge in [0.05, 0.1) is 31.1 Å². The molecular weight excluding hydrogens is 403 g/mol. The Morgan fingerprint density at radius 2 is 1.58 bits per heavy atom. The maximum atomic E-state index is 14.9. The van der Waals surface area contributed by atoms with Gasteiger partial charge in [0.1, 0.15) is 0 Å². The van der Waals surface area contributed by atoms with Crippen LogP contribution >= 0.6 is 0 Å². The average Bonchev–Trinajstić information content (AvgIpc) is 3.21. The summed E-state index contributed by atoms with van der Waals surface area (Å²) in [6.07, 6.45) is 4.33. The van der Waals surface area contributed by atoms with Crippen LogP contribution in [0.5, 0.6) is 11.5 Å². The highest BCUT2D eigenvalue weighted by Gasteiger charge is 2.52. The topological polar surface area (TPSA) is 49.8 Å². The van der Waals surface area contributed by atoms with E-state index in [1.807, 2.05) is 39.8 Å². The summed E-state index contributed by atoms with van der Waals surface area (Å²) in [5.74, 6) is -1.58. The Kier molecular flexibility index (Phi) is 5.34. The molecule has 4 rings (SSSR count). The minimum atomic E-state index is -0.731. The van der Waals surface area contributed by atoms with Crippen LogP contribution in [0, 0.1) is 11.6 Å². The summed E-state index contributed by atoms with van der Waals surface area (Å²) in [7, 11) is 2.12. The first-order valence-electron chi connectivity index (χ1n) is 10.2. The number of methoxy groups -OCH3 is 2. The molecule has 1 saturated heterocycles. The minimum Gasteiger partial charge on any atom is -0.494 e. The van der Waals surface area contributed by atoms with Gasteiger partial charge in [-0.05, 0) is 38.8 Å². The highest BCUT2D eigenvalue weighted by Crippen LogP contribution is 2.38. The number of aromatic nitrogens is 1. The number of pyridine rings is 1. The normalized spacial score (nSPS) is 18.7. The Morgan fingerprint density at radius 1 is 1.00 bits per heavy atom. The van der Waals surface area contributed by atoms with E-state index < -0.39 is 30.0 Å². The number of benzene rings is 1. The van der Waals surface area contributed by atoms with E-state index in [0.717, 1.165) is 22.3 Å². The van der Waals surface area contributed by atoms with Crippen LogP contribution in [0.15, 0.2) is 24.4 Å². The molecule has 0 N–H and O–H groups in total. The first-order valence-corrected chi connectivity index (χ1v) is 10.2. The predicted octanol–water partition coefficient (Wildman–Crippen LogP) is 3.86. The summed E-state index contributed by atoms with van der Waals surface area (Å²) in [6, 6.07) is 3.15. The molecule has 1 fully saturated rings. The van der Waals surface area contributed by atoms with Crippen LogP contribution in [-0.2, 0) is 22.2 Å². The Hall–Kier alpha value is -2.45. The van der Waals surface area contributed by atoms with Crippen molar-refractivity contribution in [1.29, 1.82) is 0 Å². The van der Waals surface area contributed by atoms with Gasteiger partial charge in [-0.3, -0.25) is 4.98 Å². The molecule has 0 atom stereocenters. The summed E-state index contributed by atoms with van der Waals surface area (Å²) < 4.78 is 52.1. The number of fused-ring (bicyclic) bond motifs is 1. The van der Waals surface area contributed by atoms with Crippen LogP contribution in [0.1, 0.15) is 44.5 Å². The van der Waals surface area contributed by atoms with Gasteiger partial charge < -0.3 is 18.8 Å². The van der Waals surface area contributed by atoms with Crippen molar-refractivity contribution in [3.05, 3.63) is 52.9 Å². The van der Waals surface area contributed by atoms with Crippen molar-refractivity contribution < 1.29 is 27.6 Å². The zero-order valence-electron chi connectivity index (χ0n) is 18.6.